The Morgan fingerprint density at radius 3 is 2.26 bits per heavy atom. The third-order valence-corrected chi connectivity index (χ3v) is 7.60. The maximum absolute atomic E-state index is 13.9. The minimum Gasteiger partial charge on any atom is -0.496 e. The Bertz CT molecular complexity index is 1580. The van der Waals surface area contributed by atoms with Crippen LogP contribution in [-0.2, 0) is 9.53 Å². The van der Waals surface area contributed by atoms with Crippen LogP contribution in [0.5, 0.6) is 23.0 Å². The molecule has 38 heavy (non-hydrogen) atoms. The molecule has 0 aliphatic carbocycles. The summed E-state index contributed by atoms with van der Waals surface area (Å²) in [5.41, 5.74) is 1.87. The number of carbonyl (C=O) groups excluding carboxylic acids is 1. The van der Waals surface area contributed by atoms with E-state index in [1.165, 1.54) is 37.2 Å². The van der Waals surface area contributed by atoms with Crippen molar-refractivity contribution >= 4 is 39.3 Å². The Morgan fingerprint density at radius 2 is 1.71 bits per heavy atom. The molecule has 3 aromatic rings. The number of methoxy groups -OCH3 is 4. The highest BCUT2D eigenvalue weighted by Crippen LogP contribution is 2.38. The van der Waals surface area contributed by atoms with Gasteiger partial charge in [0.25, 0.3) is 5.56 Å². The quantitative estimate of drug-likeness (QED) is 0.363. The Morgan fingerprint density at radius 1 is 1.05 bits per heavy atom. The molecule has 1 aromatic heterocycles. The van der Waals surface area contributed by atoms with E-state index in [-0.39, 0.29) is 12.2 Å². The van der Waals surface area contributed by atoms with Crippen molar-refractivity contribution in [2.24, 2.45) is 4.99 Å². The number of hydrogen-bond acceptors (Lipinski definition) is 9. The molecule has 0 amide bonds. The number of rotatable bonds is 8. The van der Waals surface area contributed by atoms with Crippen molar-refractivity contribution in [3.8, 4) is 23.0 Å². The monoisotopic (exact) mass is 602 g/mol. The van der Waals surface area contributed by atoms with Gasteiger partial charge >= 0.3 is 5.97 Å². The first-order chi connectivity index (χ1) is 18.3. The molecule has 4 rings (SSSR count). The summed E-state index contributed by atoms with van der Waals surface area (Å²) in [5, 5.41) is 0. The largest absolute Gasteiger partial charge is 0.496 e. The fourth-order valence-electron chi connectivity index (χ4n) is 4.30. The van der Waals surface area contributed by atoms with Gasteiger partial charge in [-0.2, -0.15) is 0 Å². The van der Waals surface area contributed by atoms with Crippen molar-refractivity contribution in [2.45, 2.75) is 19.9 Å². The van der Waals surface area contributed by atoms with Gasteiger partial charge in [0.15, 0.2) is 16.3 Å². The number of benzene rings is 2. The molecule has 11 heteroatoms. The van der Waals surface area contributed by atoms with Gasteiger partial charge < -0.3 is 23.7 Å². The molecule has 0 saturated heterocycles. The second-order valence-electron chi connectivity index (χ2n) is 8.15. The summed E-state index contributed by atoms with van der Waals surface area (Å²) in [6.07, 6.45) is 1.73. The van der Waals surface area contributed by atoms with E-state index >= 15 is 0 Å². The van der Waals surface area contributed by atoms with Crippen molar-refractivity contribution in [2.75, 3.05) is 35.0 Å². The molecule has 0 bridgehead atoms. The molecule has 1 atom stereocenters. The summed E-state index contributed by atoms with van der Waals surface area (Å²) in [5.74, 6) is 1.49. The lowest BCUT2D eigenvalue weighted by Gasteiger charge is -2.25. The van der Waals surface area contributed by atoms with Gasteiger partial charge in [-0.25, -0.2) is 9.79 Å². The molecule has 2 heterocycles. The lowest BCUT2D eigenvalue weighted by Crippen LogP contribution is -2.40. The molecule has 0 spiro atoms. The standard InChI is InChI=1S/C27H27BrN2O7S/c1-7-37-26(32)22-14(2)29-27-30(23(22)16-8-9-18(33-3)17(28)13-16)25(31)21(38-27)12-15-10-19(34-4)24(36-6)20(11-15)35-5/h8-13,23H,7H2,1-6H3/b21-12+/t23-/m1/s1. The molecule has 0 radical (unpaired) electrons. The molecule has 0 fully saturated rings. The minimum atomic E-state index is -0.741. The summed E-state index contributed by atoms with van der Waals surface area (Å²) < 4.78 is 29.7. The van der Waals surface area contributed by atoms with Crippen LogP contribution in [-0.4, -0.2) is 45.6 Å². The lowest BCUT2D eigenvalue weighted by molar-refractivity contribution is -0.139. The Hall–Kier alpha value is -3.57. The number of allylic oxidation sites excluding steroid dienone is 1. The predicted molar refractivity (Wildman–Crippen MR) is 147 cm³/mol. The molecule has 0 saturated carbocycles. The molecular weight excluding hydrogens is 576 g/mol. The average Bonchev–Trinajstić information content (AvgIpc) is 3.21. The molecule has 0 unspecified atom stereocenters. The Kier molecular flexibility index (Phi) is 8.27. The lowest BCUT2D eigenvalue weighted by atomic mass is 9.96. The topological polar surface area (TPSA) is 97.6 Å². The number of ether oxygens (including phenoxy) is 5. The maximum atomic E-state index is 13.9. The fraction of sp³-hybridized carbons (Fsp3) is 0.296. The zero-order valence-electron chi connectivity index (χ0n) is 21.8. The Balaban J connectivity index is 1.96. The van der Waals surface area contributed by atoms with Crippen LogP contribution < -0.4 is 33.8 Å². The van der Waals surface area contributed by atoms with Crippen molar-refractivity contribution in [1.29, 1.82) is 0 Å². The van der Waals surface area contributed by atoms with Crippen molar-refractivity contribution in [3.05, 3.63) is 76.9 Å². The van der Waals surface area contributed by atoms with Crippen LogP contribution in [0.2, 0.25) is 0 Å². The van der Waals surface area contributed by atoms with Crippen molar-refractivity contribution in [3.63, 3.8) is 0 Å². The second kappa shape index (κ2) is 11.4. The van der Waals surface area contributed by atoms with Gasteiger partial charge in [0.2, 0.25) is 5.75 Å². The van der Waals surface area contributed by atoms with Crippen LogP contribution in [0.1, 0.15) is 31.0 Å². The summed E-state index contributed by atoms with van der Waals surface area (Å²) in [4.78, 5) is 32.0. The van der Waals surface area contributed by atoms with E-state index in [1.54, 1.807) is 45.2 Å². The summed E-state index contributed by atoms with van der Waals surface area (Å²) in [6, 6.07) is 8.21. The first-order valence-electron chi connectivity index (χ1n) is 11.6. The summed E-state index contributed by atoms with van der Waals surface area (Å²) in [7, 11) is 6.16. The molecule has 0 N–H and O–H groups in total. The van der Waals surface area contributed by atoms with E-state index in [2.05, 4.69) is 20.9 Å². The van der Waals surface area contributed by atoms with Gasteiger partial charge in [-0.3, -0.25) is 9.36 Å². The summed E-state index contributed by atoms with van der Waals surface area (Å²) >= 11 is 4.75. The van der Waals surface area contributed by atoms with Crippen LogP contribution in [0, 0.1) is 0 Å². The predicted octanol–water partition coefficient (Wildman–Crippen LogP) is 3.60. The van der Waals surface area contributed by atoms with Crippen LogP contribution in [0.25, 0.3) is 6.08 Å². The van der Waals surface area contributed by atoms with Gasteiger partial charge in [-0.1, -0.05) is 17.4 Å². The van der Waals surface area contributed by atoms with Crippen molar-refractivity contribution < 1.29 is 28.5 Å². The first kappa shape index (κ1) is 27.5. The van der Waals surface area contributed by atoms with Gasteiger partial charge in [-0.15, -0.1) is 0 Å². The number of carbonyl (C=O) groups is 1. The SMILES string of the molecule is CCOC(=O)C1=C(C)N=c2s/c(=C/c3cc(OC)c(OC)c(OC)c3)c(=O)n2[C@@H]1c1ccc(OC)c(Br)c1. The van der Waals surface area contributed by atoms with Gasteiger partial charge in [0.1, 0.15) is 5.75 Å². The van der Waals surface area contributed by atoms with Crippen LogP contribution in [0.3, 0.4) is 0 Å². The maximum Gasteiger partial charge on any atom is 0.338 e. The van der Waals surface area contributed by atoms with Gasteiger partial charge in [-0.05, 0) is 71.2 Å². The highest BCUT2D eigenvalue weighted by Gasteiger charge is 2.33. The number of aromatic nitrogens is 1. The van der Waals surface area contributed by atoms with Gasteiger partial charge in [0, 0.05) is 0 Å². The van der Waals surface area contributed by atoms with E-state index in [0.717, 1.165) is 0 Å². The number of fused-ring (bicyclic) bond motifs is 1. The normalized spacial score (nSPS) is 15.0. The van der Waals surface area contributed by atoms with Crippen molar-refractivity contribution in [1.82, 2.24) is 4.57 Å². The zero-order chi connectivity index (χ0) is 27.6. The number of halogens is 1. The molecule has 9 nitrogen and oxygen atoms in total. The fourth-order valence-corrected chi connectivity index (χ4v) is 5.90. The van der Waals surface area contributed by atoms with E-state index < -0.39 is 12.0 Å². The number of hydrogen-bond donors (Lipinski definition) is 0. The minimum absolute atomic E-state index is 0.195. The van der Waals surface area contributed by atoms with E-state index in [9.17, 15) is 9.59 Å². The van der Waals surface area contributed by atoms with Gasteiger partial charge in [0.05, 0.1) is 61.4 Å². The second-order valence-corrected chi connectivity index (χ2v) is 10.0. The first-order valence-corrected chi connectivity index (χ1v) is 13.2. The molecular formula is C27H27BrN2O7S. The third-order valence-electron chi connectivity index (χ3n) is 5.99. The van der Waals surface area contributed by atoms with E-state index in [1.807, 2.05) is 12.1 Å². The number of esters is 1. The Labute approximate surface area is 231 Å². The smallest absolute Gasteiger partial charge is 0.338 e. The highest BCUT2D eigenvalue weighted by atomic mass is 79.9. The highest BCUT2D eigenvalue weighted by molar-refractivity contribution is 9.10. The van der Waals surface area contributed by atoms with Crippen LogP contribution in [0.15, 0.2) is 55.9 Å². The molecule has 1 aliphatic heterocycles. The zero-order valence-corrected chi connectivity index (χ0v) is 24.2. The average molecular weight is 603 g/mol. The number of thiazole rings is 1. The number of nitrogens with zero attached hydrogens (tertiary/aromatic N) is 2. The van der Waals surface area contributed by atoms with Crippen LogP contribution >= 0.6 is 27.3 Å². The van der Waals surface area contributed by atoms with E-state index in [4.69, 9.17) is 23.7 Å². The third kappa shape index (κ3) is 4.95. The van der Waals surface area contributed by atoms with Crippen LogP contribution in [0.4, 0.5) is 0 Å². The molecule has 1 aliphatic rings. The molecule has 200 valence electrons. The molecule has 2 aromatic carbocycles. The van der Waals surface area contributed by atoms with E-state index in [0.29, 0.717) is 59.2 Å². The summed E-state index contributed by atoms with van der Waals surface area (Å²) in [6.45, 7) is 3.67.